The summed E-state index contributed by atoms with van der Waals surface area (Å²) in [5.74, 6) is 0.0891. The van der Waals surface area contributed by atoms with Crippen molar-refractivity contribution in [3.63, 3.8) is 0 Å². The molecule has 21 heavy (non-hydrogen) atoms. The Morgan fingerprint density at radius 2 is 1.86 bits per heavy atom. The number of benzene rings is 2. The van der Waals surface area contributed by atoms with E-state index in [2.05, 4.69) is 0 Å². The van der Waals surface area contributed by atoms with Gasteiger partial charge in [0.1, 0.15) is 11.5 Å². The summed E-state index contributed by atoms with van der Waals surface area (Å²) in [7, 11) is 0. The Kier molecular flexibility index (Phi) is 5.04. The lowest BCUT2D eigenvalue weighted by atomic mass is 10.2. The number of carbonyl (C=O) groups is 1. The van der Waals surface area contributed by atoms with Gasteiger partial charge in [-0.25, -0.2) is 4.79 Å². The van der Waals surface area contributed by atoms with Crippen LogP contribution in [0.5, 0.6) is 11.5 Å². The Morgan fingerprint density at radius 1 is 1.14 bits per heavy atom. The van der Waals surface area contributed by atoms with Crippen molar-refractivity contribution in [1.29, 1.82) is 5.26 Å². The first-order chi connectivity index (χ1) is 10.1. The summed E-state index contributed by atoms with van der Waals surface area (Å²) < 4.78 is 10.3. The highest BCUT2D eigenvalue weighted by Crippen LogP contribution is 2.27. The fourth-order valence-electron chi connectivity index (χ4n) is 1.48. The third kappa shape index (κ3) is 4.38. The van der Waals surface area contributed by atoms with Crippen LogP contribution in [-0.2, 0) is 4.79 Å². The molecule has 0 fully saturated rings. The number of hydrogen-bond acceptors (Lipinski definition) is 4. The largest absolute Gasteiger partial charge is 0.482 e. The molecule has 0 bridgehead atoms. The van der Waals surface area contributed by atoms with E-state index < -0.39 is 5.97 Å². The second-order valence-electron chi connectivity index (χ2n) is 3.97. The van der Waals surface area contributed by atoms with E-state index in [0.717, 1.165) is 0 Å². The number of esters is 1. The molecule has 0 atom stereocenters. The molecule has 0 aliphatic heterocycles. The van der Waals surface area contributed by atoms with Gasteiger partial charge in [-0.05, 0) is 42.5 Å². The third-order valence-electron chi connectivity index (χ3n) is 2.46. The van der Waals surface area contributed by atoms with Crippen molar-refractivity contribution in [3.8, 4) is 17.6 Å². The first-order valence-electron chi connectivity index (χ1n) is 5.87. The van der Waals surface area contributed by atoms with Gasteiger partial charge < -0.3 is 9.47 Å². The molecule has 0 radical (unpaired) electrons. The summed E-state index contributed by atoms with van der Waals surface area (Å²) in [6, 6.07) is 12.9. The number of nitriles is 1. The molecule has 0 N–H and O–H groups in total. The monoisotopic (exact) mass is 321 g/mol. The molecule has 0 unspecified atom stereocenters. The maximum atomic E-state index is 11.7. The lowest BCUT2D eigenvalue weighted by Crippen LogP contribution is -2.17. The minimum atomic E-state index is -0.594. The van der Waals surface area contributed by atoms with Crippen molar-refractivity contribution >= 4 is 29.2 Å². The van der Waals surface area contributed by atoms with Gasteiger partial charge in [-0.15, -0.1) is 0 Å². The molecular weight excluding hydrogens is 313 g/mol. The van der Waals surface area contributed by atoms with Gasteiger partial charge in [0.25, 0.3) is 0 Å². The SMILES string of the molecule is N#Cc1ccc(OCC(=O)Oc2ccc(Cl)cc2Cl)cc1. The highest BCUT2D eigenvalue weighted by Gasteiger charge is 2.09. The molecule has 0 saturated carbocycles. The molecule has 0 heterocycles. The zero-order chi connectivity index (χ0) is 15.2. The lowest BCUT2D eigenvalue weighted by Gasteiger charge is -2.08. The minimum Gasteiger partial charge on any atom is -0.482 e. The second kappa shape index (κ2) is 6.98. The van der Waals surface area contributed by atoms with Crippen LogP contribution in [0.15, 0.2) is 42.5 Å². The van der Waals surface area contributed by atoms with Gasteiger partial charge in [-0.1, -0.05) is 23.2 Å². The lowest BCUT2D eigenvalue weighted by molar-refractivity contribution is -0.136. The summed E-state index contributed by atoms with van der Waals surface area (Å²) in [6.07, 6.45) is 0. The van der Waals surface area contributed by atoms with Crippen molar-refractivity contribution in [2.24, 2.45) is 0 Å². The molecule has 2 rings (SSSR count). The number of hydrogen-bond donors (Lipinski definition) is 0. The van der Waals surface area contributed by atoms with Crippen LogP contribution in [0.3, 0.4) is 0 Å². The van der Waals surface area contributed by atoms with E-state index in [0.29, 0.717) is 16.3 Å². The third-order valence-corrected chi connectivity index (χ3v) is 2.99. The molecule has 2 aromatic carbocycles. The fourth-order valence-corrected chi connectivity index (χ4v) is 1.93. The van der Waals surface area contributed by atoms with Crippen molar-refractivity contribution in [1.82, 2.24) is 0 Å². The molecule has 0 aliphatic carbocycles. The average molecular weight is 322 g/mol. The van der Waals surface area contributed by atoms with Crippen LogP contribution >= 0.6 is 23.2 Å². The van der Waals surface area contributed by atoms with E-state index in [9.17, 15) is 4.79 Å². The second-order valence-corrected chi connectivity index (χ2v) is 4.82. The molecule has 0 amide bonds. The average Bonchev–Trinajstić information content (AvgIpc) is 2.48. The Labute approximate surface area is 131 Å². The fraction of sp³-hybridized carbons (Fsp3) is 0.0667. The zero-order valence-corrected chi connectivity index (χ0v) is 12.2. The molecule has 106 valence electrons. The number of halogens is 2. The standard InChI is InChI=1S/C15H9Cl2NO3/c16-11-3-6-14(13(17)7-11)21-15(19)9-20-12-4-1-10(8-18)2-5-12/h1-7H,9H2. The minimum absolute atomic E-state index is 0.217. The van der Waals surface area contributed by atoms with E-state index >= 15 is 0 Å². The van der Waals surface area contributed by atoms with Crippen LogP contribution in [0.4, 0.5) is 0 Å². The highest BCUT2D eigenvalue weighted by atomic mass is 35.5. The number of ether oxygens (including phenoxy) is 2. The highest BCUT2D eigenvalue weighted by molar-refractivity contribution is 6.35. The van der Waals surface area contributed by atoms with Crippen molar-refractivity contribution in [2.45, 2.75) is 0 Å². The summed E-state index contributed by atoms with van der Waals surface area (Å²) in [6.45, 7) is -0.273. The molecule has 6 heteroatoms. The van der Waals surface area contributed by atoms with Gasteiger partial charge in [-0.2, -0.15) is 5.26 Å². The summed E-state index contributed by atoms with van der Waals surface area (Å²) >= 11 is 11.6. The molecular formula is C15H9Cl2NO3. The van der Waals surface area contributed by atoms with Crippen LogP contribution in [0, 0.1) is 11.3 Å². The molecule has 0 saturated heterocycles. The van der Waals surface area contributed by atoms with Crippen molar-refractivity contribution in [2.75, 3.05) is 6.61 Å². The van der Waals surface area contributed by atoms with Gasteiger partial charge in [0.15, 0.2) is 6.61 Å². The van der Waals surface area contributed by atoms with Gasteiger partial charge in [0, 0.05) is 5.02 Å². The Bertz CT molecular complexity index is 693. The quantitative estimate of drug-likeness (QED) is 0.634. The van der Waals surface area contributed by atoms with E-state index in [1.165, 1.54) is 12.1 Å². The van der Waals surface area contributed by atoms with Crippen LogP contribution in [0.1, 0.15) is 5.56 Å². The summed E-state index contributed by atoms with van der Waals surface area (Å²) in [4.78, 5) is 11.7. The molecule has 0 spiro atoms. The van der Waals surface area contributed by atoms with Gasteiger partial charge in [0.2, 0.25) is 0 Å². The van der Waals surface area contributed by atoms with E-state index in [4.69, 9.17) is 37.9 Å². The van der Waals surface area contributed by atoms with E-state index in [1.807, 2.05) is 6.07 Å². The summed E-state index contributed by atoms with van der Waals surface area (Å²) in [5, 5.41) is 9.37. The molecule has 4 nitrogen and oxygen atoms in total. The topological polar surface area (TPSA) is 59.3 Å². The van der Waals surface area contributed by atoms with Crippen LogP contribution in [-0.4, -0.2) is 12.6 Å². The van der Waals surface area contributed by atoms with Gasteiger partial charge in [-0.3, -0.25) is 0 Å². The van der Waals surface area contributed by atoms with Crippen LogP contribution in [0.2, 0.25) is 10.0 Å². The number of rotatable bonds is 4. The van der Waals surface area contributed by atoms with Crippen molar-refractivity contribution < 1.29 is 14.3 Å². The zero-order valence-electron chi connectivity index (χ0n) is 10.7. The molecule has 0 aliphatic rings. The first kappa shape index (κ1) is 15.2. The summed E-state index contributed by atoms with van der Waals surface area (Å²) in [5.41, 5.74) is 0.512. The predicted molar refractivity (Wildman–Crippen MR) is 78.7 cm³/mol. The maximum Gasteiger partial charge on any atom is 0.349 e. The van der Waals surface area contributed by atoms with Crippen molar-refractivity contribution in [3.05, 3.63) is 58.1 Å². The first-order valence-corrected chi connectivity index (χ1v) is 6.63. The van der Waals surface area contributed by atoms with E-state index in [1.54, 1.807) is 30.3 Å². The number of carbonyl (C=O) groups excluding carboxylic acids is 1. The Hall–Kier alpha value is -2.22. The Morgan fingerprint density at radius 3 is 2.48 bits per heavy atom. The van der Waals surface area contributed by atoms with Crippen LogP contribution < -0.4 is 9.47 Å². The predicted octanol–water partition coefficient (Wildman–Crippen LogP) is 3.85. The van der Waals surface area contributed by atoms with Gasteiger partial charge >= 0.3 is 5.97 Å². The smallest absolute Gasteiger partial charge is 0.349 e. The van der Waals surface area contributed by atoms with E-state index in [-0.39, 0.29) is 17.4 Å². The van der Waals surface area contributed by atoms with Crippen LogP contribution in [0.25, 0.3) is 0 Å². The normalized spacial score (nSPS) is 9.76. The molecule has 2 aromatic rings. The number of nitrogens with zero attached hydrogens (tertiary/aromatic N) is 1. The maximum absolute atomic E-state index is 11.7. The Balaban J connectivity index is 1.91. The molecule has 0 aromatic heterocycles. The van der Waals surface area contributed by atoms with Gasteiger partial charge in [0.05, 0.1) is 16.7 Å².